The molecule has 0 saturated carbocycles. The zero-order chi connectivity index (χ0) is 20.1. The van der Waals surface area contributed by atoms with Gasteiger partial charge in [-0.05, 0) is 42.8 Å². The van der Waals surface area contributed by atoms with Crippen LogP contribution in [-0.4, -0.2) is 31.5 Å². The van der Waals surface area contributed by atoms with Crippen molar-refractivity contribution < 1.29 is 23.5 Å². The van der Waals surface area contributed by atoms with Gasteiger partial charge in [-0.1, -0.05) is 12.1 Å². The smallest absolute Gasteiger partial charge is 0.258 e. The molecule has 0 saturated heterocycles. The van der Waals surface area contributed by atoms with E-state index in [0.717, 1.165) is 11.6 Å². The molecule has 0 spiro atoms. The van der Waals surface area contributed by atoms with E-state index in [0.29, 0.717) is 18.1 Å². The molecular formula is C20H20FN3O4. The molecule has 146 valence electrons. The number of nitrogens with zero attached hydrogens (tertiary/aromatic N) is 1. The molecule has 1 aliphatic heterocycles. The Morgan fingerprint density at radius 3 is 2.82 bits per heavy atom. The van der Waals surface area contributed by atoms with Gasteiger partial charge < -0.3 is 9.47 Å². The molecule has 1 unspecified atom stereocenters. The van der Waals surface area contributed by atoms with E-state index in [1.807, 2.05) is 6.92 Å². The van der Waals surface area contributed by atoms with Gasteiger partial charge in [0, 0.05) is 5.56 Å². The molecular weight excluding hydrogens is 365 g/mol. The van der Waals surface area contributed by atoms with Gasteiger partial charge in [0.1, 0.15) is 5.82 Å². The van der Waals surface area contributed by atoms with Gasteiger partial charge in [0.15, 0.2) is 11.5 Å². The van der Waals surface area contributed by atoms with E-state index in [9.17, 15) is 14.0 Å². The molecule has 0 radical (unpaired) electrons. The Bertz CT molecular complexity index is 929. The number of carbonyl (C=O) groups is 2. The van der Waals surface area contributed by atoms with Gasteiger partial charge >= 0.3 is 0 Å². The molecule has 1 atom stereocenters. The van der Waals surface area contributed by atoms with Crippen LogP contribution in [0.4, 0.5) is 4.39 Å². The number of methoxy groups -OCH3 is 1. The Labute approximate surface area is 161 Å². The summed E-state index contributed by atoms with van der Waals surface area (Å²) in [6.07, 6.45) is 0.121. The van der Waals surface area contributed by atoms with Crippen LogP contribution in [0.1, 0.15) is 35.3 Å². The maximum atomic E-state index is 13.3. The first kappa shape index (κ1) is 19.3. The van der Waals surface area contributed by atoms with Gasteiger partial charge in [-0.3, -0.25) is 20.2 Å². The number of carbonyl (C=O) groups excluding carboxylic acids is 2. The Morgan fingerprint density at radius 1 is 1.29 bits per heavy atom. The van der Waals surface area contributed by atoms with Crippen LogP contribution < -0.4 is 20.1 Å². The molecule has 0 fully saturated rings. The minimum atomic E-state index is -0.566. The fourth-order valence-electron chi connectivity index (χ4n) is 2.82. The Morgan fingerprint density at radius 2 is 2.11 bits per heavy atom. The minimum absolute atomic E-state index is 0.0170. The third-order valence-electron chi connectivity index (χ3n) is 4.11. The van der Waals surface area contributed by atoms with Gasteiger partial charge in [0.05, 0.1) is 26.2 Å². The predicted octanol–water partition coefficient (Wildman–Crippen LogP) is 2.58. The summed E-state index contributed by atoms with van der Waals surface area (Å²) in [5.41, 5.74) is 0.870. The van der Waals surface area contributed by atoms with Crippen LogP contribution in [0, 0.1) is 5.82 Å². The summed E-state index contributed by atoms with van der Waals surface area (Å²) in [7, 11) is 1.53. The highest BCUT2D eigenvalue weighted by Crippen LogP contribution is 2.33. The van der Waals surface area contributed by atoms with E-state index in [2.05, 4.69) is 15.6 Å². The Kier molecular flexibility index (Phi) is 5.88. The minimum Gasteiger partial charge on any atom is -0.493 e. The van der Waals surface area contributed by atoms with Gasteiger partial charge in [-0.15, -0.1) is 0 Å². The number of ether oxygens (including phenoxy) is 2. The molecule has 1 heterocycles. The van der Waals surface area contributed by atoms with Gasteiger partial charge in [0.2, 0.25) is 11.9 Å². The van der Waals surface area contributed by atoms with Crippen LogP contribution in [-0.2, 0) is 4.79 Å². The van der Waals surface area contributed by atoms with E-state index in [1.165, 1.54) is 25.3 Å². The van der Waals surface area contributed by atoms with E-state index >= 15 is 0 Å². The summed E-state index contributed by atoms with van der Waals surface area (Å²) >= 11 is 0. The van der Waals surface area contributed by atoms with Crippen molar-refractivity contribution in [3.63, 3.8) is 0 Å². The number of amides is 2. The van der Waals surface area contributed by atoms with Crippen LogP contribution >= 0.6 is 0 Å². The molecule has 28 heavy (non-hydrogen) atoms. The van der Waals surface area contributed by atoms with E-state index in [4.69, 9.17) is 9.47 Å². The first-order valence-corrected chi connectivity index (χ1v) is 8.75. The monoisotopic (exact) mass is 385 g/mol. The average Bonchev–Trinajstić information content (AvgIpc) is 2.68. The maximum Gasteiger partial charge on any atom is 0.258 e. The summed E-state index contributed by atoms with van der Waals surface area (Å²) in [4.78, 5) is 28.8. The number of benzene rings is 2. The Balaban J connectivity index is 1.82. The second kappa shape index (κ2) is 8.51. The third-order valence-corrected chi connectivity index (χ3v) is 4.11. The molecule has 2 amide bonds. The number of rotatable bonds is 5. The van der Waals surface area contributed by atoms with Gasteiger partial charge in [-0.25, -0.2) is 9.38 Å². The van der Waals surface area contributed by atoms with Crippen LogP contribution in [0.25, 0.3) is 0 Å². The predicted molar refractivity (Wildman–Crippen MR) is 101 cm³/mol. The fraction of sp³-hybridized carbons (Fsp3) is 0.250. The molecule has 2 N–H and O–H groups in total. The molecule has 1 aliphatic rings. The highest BCUT2D eigenvalue weighted by Gasteiger charge is 2.25. The van der Waals surface area contributed by atoms with E-state index in [-0.39, 0.29) is 23.9 Å². The van der Waals surface area contributed by atoms with Crippen molar-refractivity contribution in [1.29, 1.82) is 0 Å². The number of guanidine groups is 1. The lowest BCUT2D eigenvalue weighted by atomic mass is 10.0. The lowest BCUT2D eigenvalue weighted by Gasteiger charge is -2.22. The van der Waals surface area contributed by atoms with E-state index < -0.39 is 17.8 Å². The molecule has 0 aromatic heterocycles. The Hall–Kier alpha value is -3.42. The quantitative estimate of drug-likeness (QED) is 0.828. The first-order chi connectivity index (χ1) is 13.5. The summed E-state index contributed by atoms with van der Waals surface area (Å²) in [5, 5.41) is 5.03. The normalized spacial score (nSPS) is 16.0. The molecule has 0 bridgehead atoms. The number of halogens is 1. The number of nitrogens with one attached hydrogen (secondary N) is 2. The highest BCUT2D eigenvalue weighted by atomic mass is 19.1. The summed E-state index contributed by atoms with van der Waals surface area (Å²) in [6, 6.07) is 10.1. The lowest BCUT2D eigenvalue weighted by Crippen LogP contribution is -2.47. The molecule has 8 heteroatoms. The highest BCUT2D eigenvalue weighted by molar-refractivity contribution is 6.10. The molecule has 0 aliphatic carbocycles. The van der Waals surface area contributed by atoms with Crippen LogP contribution in [0.5, 0.6) is 11.5 Å². The topological polar surface area (TPSA) is 89.0 Å². The third kappa shape index (κ3) is 4.46. The van der Waals surface area contributed by atoms with Gasteiger partial charge in [0.25, 0.3) is 5.91 Å². The first-order valence-electron chi connectivity index (χ1n) is 8.75. The molecule has 2 aromatic carbocycles. The summed E-state index contributed by atoms with van der Waals surface area (Å²) < 4.78 is 24.1. The van der Waals surface area contributed by atoms with Crippen molar-refractivity contribution >= 4 is 17.8 Å². The standard InChI is InChI=1S/C20H20FN3O4/c1-3-28-16-8-7-12(10-17(16)27-2)15-11-18(25)23-20(22-15)24-19(26)13-5-4-6-14(21)9-13/h4-10,15H,3,11H2,1-2H3,(H2,22,23,24,25,26). The molecule has 7 nitrogen and oxygen atoms in total. The second-order valence-corrected chi connectivity index (χ2v) is 6.05. The maximum absolute atomic E-state index is 13.3. The average molecular weight is 385 g/mol. The van der Waals surface area contributed by atoms with Crippen molar-refractivity contribution in [2.75, 3.05) is 13.7 Å². The van der Waals surface area contributed by atoms with Crippen molar-refractivity contribution in [1.82, 2.24) is 10.6 Å². The summed E-state index contributed by atoms with van der Waals surface area (Å²) in [6.45, 7) is 2.37. The van der Waals surface area contributed by atoms with Crippen molar-refractivity contribution in [3.8, 4) is 11.5 Å². The zero-order valence-corrected chi connectivity index (χ0v) is 15.5. The van der Waals surface area contributed by atoms with Crippen LogP contribution in [0.15, 0.2) is 47.5 Å². The SMILES string of the molecule is CCOc1ccc(C2CC(=O)NC(NC(=O)c3cccc(F)c3)=N2)cc1OC. The number of hydrogen-bond donors (Lipinski definition) is 2. The van der Waals surface area contributed by atoms with Crippen molar-refractivity contribution in [2.45, 2.75) is 19.4 Å². The second-order valence-electron chi connectivity index (χ2n) is 6.05. The van der Waals surface area contributed by atoms with Crippen molar-refractivity contribution in [3.05, 3.63) is 59.4 Å². The van der Waals surface area contributed by atoms with E-state index in [1.54, 1.807) is 18.2 Å². The van der Waals surface area contributed by atoms with Crippen LogP contribution in [0.3, 0.4) is 0 Å². The number of hydrogen-bond acceptors (Lipinski definition) is 5. The largest absolute Gasteiger partial charge is 0.493 e. The number of aliphatic imine (C=N–C) groups is 1. The fourth-order valence-corrected chi connectivity index (χ4v) is 2.82. The van der Waals surface area contributed by atoms with Gasteiger partial charge in [-0.2, -0.15) is 0 Å². The molecule has 2 aromatic rings. The zero-order valence-electron chi connectivity index (χ0n) is 15.5. The van der Waals surface area contributed by atoms with Crippen LogP contribution in [0.2, 0.25) is 0 Å². The lowest BCUT2D eigenvalue weighted by molar-refractivity contribution is -0.120. The van der Waals surface area contributed by atoms with Crippen molar-refractivity contribution in [2.24, 2.45) is 4.99 Å². The summed E-state index contributed by atoms with van der Waals surface area (Å²) in [5.74, 6) is -0.237. The molecule has 3 rings (SSSR count).